The van der Waals surface area contributed by atoms with Crippen LogP contribution in [-0.4, -0.2) is 44.8 Å². The Balaban J connectivity index is 1.82. The van der Waals surface area contributed by atoms with E-state index in [4.69, 9.17) is 34.8 Å². The first-order valence-corrected chi connectivity index (χ1v) is 15.5. The van der Waals surface area contributed by atoms with Crippen LogP contribution in [0.1, 0.15) is 11.1 Å². The van der Waals surface area contributed by atoms with Gasteiger partial charge in [-0.1, -0.05) is 108 Å². The molecule has 11 heteroatoms. The Hall–Kier alpha value is -3.56. The summed E-state index contributed by atoms with van der Waals surface area (Å²) < 4.78 is 28.9. The molecule has 42 heavy (non-hydrogen) atoms. The zero-order valence-electron chi connectivity index (χ0n) is 22.6. The summed E-state index contributed by atoms with van der Waals surface area (Å²) in [7, 11) is -2.81. The molecule has 0 aliphatic rings. The number of nitrogens with one attached hydrogen (secondary N) is 1. The fourth-order valence-corrected chi connectivity index (χ4v) is 6.54. The van der Waals surface area contributed by atoms with Crippen LogP contribution in [0, 0.1) is 0 Å². The van der Waals surface area contributed by atoms with E-state index >= 15 is 0 Å². The molecular weight excluding hydrogens is 617 g/mol. The van der Waals surface area contributed by atoms with Gasteiger partial charge in [0.15, 0.2) is 0 Å². The number of hydrogen-bond donors (Lipinski definition) is 1. The van der Waals surface area contributed by atoms with Crippen LogP contribution >= 0.6 is 34.8 Å². The molecule has 0 saturated heterocycles. The van der Waals surface area contributed by atoms with Gasteiger partial charge < -0.3 is 10.2 Å². The molecule has 0 aromatic heterocycles. The van der Waals surface area contributed by atoms with Crippen LogP contribution in [-0.2, 0) is 32.6 Å². The molecule has 0 aliphatic heterocycles. The van der Waals surface area contributed by atoms with Crippen LogP contribution in [0.2, 0.25) is 15.1 Å². The molecule has 0 bridgehead atoms. The van der Waals surface area contributed by atoms with E-state index in [1.165, 1.54) is 36.2 Å². The lowest BCUT2D eigenvalue weighted by atomic mass is 10.0. The predicted molar refractivity (Wildman–Crippen MR) is 167 cm³/mol. The number of benzene rings is 4. The number of rotatable bonds is 11. The lowest BCUT2D eigenvalue weighted by molar-refractivity contribution is -0.139. The van der Waals surface area contributed by atoms with E-state index in [-0.39, 0.29) is 33.6 Å². The molecule has 4 aromatic carbocycles. The number of carbonyl (C=O) groups excluding carboxylic acids is 2. The molecule has 0 unspecified atom stereocenters. The van der Waals surface area contributed by atoms with Crippen molar-refractivity contribution in [2.45, 2.75) is 23.9 Å². The van der Waals surface area contributed by atoms with Crippen LogP contribution < -0.4 is 9.62 Å². The minimum Gasteiger partial charge on any atom is -0.357 e. The van der Waals surface area contributed by atoms with Crippen molar-refractivity contribution in [3.63, 3.8) is 0 Å². The Morgan fingerprint density at radius 2 is 1.38 bits per heavy atom. The Kier molecular flexibility index (Phi) is 10.5. The minimum absolute atomic E-state index is 0.0265. The van der Waals surface area contributed by atoms with Crippen molar-refractivity contribution in [2.75, 3.05) is 17.9 Å². The maximum atomic E-state index is 14.3. The normalized spacial score (nSPS) is 11.9. The summed E-state index contributed by atoms with van der Waals surface area (Å²) in [5.41, 5.74) is 1.43. The molecule has 0 spiro atoms. The first-order chi connectivity index (χ1) is 20.1. The lowest BCUT2D eigenvalue weighted by Crippen LogP contribution is -2.53. The molecule has 1 N–H and O–H groups in total. The third kappa shape index (κ3) is 7.25. The first kappa shape index (κ1) is 31.4. The van der Waals surface area contributed by atoms with E-state index in [0.717, 1.165) is 9.87 Å². The minimum atomic E-state index is -4.30. The van der Waals surface area contributed by atoms with Crippen molar-refractivity contribution < 1.29 is 18.0 Å². The van der Waals surface area contributed by atoms with Gasteiger partial charge in [0.05, 0.1) is 20.6 Å². The molecule has 218 valence electrons. The Morgan fingerprint density at radius 3 is 2.02 bits per heavy atom. The van der Waals surface area contributed by atoms with E-state index in [0.29, 0.717) is 10.6 Å². The molecule has 0 heterocycles. The fraction of sp³-hybridized carbons (Fsp3) is 0.161. The topological polar surface area (TPSA) is 86.8 Å². The molecule has 1 atom stereocenters. The second kappa shape index (κ2) is 14.1. The van der Waals surface area contributed by atoms with Crippen LogP contribution in [0.15, 0.2) is 108 Å². The van der Waals surface area contributed by atoms with Crippen LogP contribution in [0.4, 0.5) is 5.69 Å². The van der Waals surface area contributed by atoms with Crippen LogP contribution in [0.3, 0.4) is 0 Å². The standard InChI is InChI=1S/C31H28Cl3N3O4S/c1-35-31(39)28(19-22-11-4-2-5-12-22)36(20-23-13-8-9-16-25(23)32)29(38)21-37(27-18-10-17-26(33)30(27)34)42(40,41)24-14-6-3-7-15-24/h2-18,28H,19-21H2,1H3,(H,35,39)/t28-/m0/s1. The number of likely N-dealkylation sites (N-methyl/N-ethyl adjacent to an activating group) is 1. The summed E-state index contributed by atoms with van der Waals surface area (Å²) in [6, 6.07) is 27.5. The van der Waals surface area contributed by atoms with Gasteiger partial charge in [0.2, 0.25) is 11.8 Å². The second-order valence-corrected chi connectivity index (χ2v) is 12.4. The van der Waals surface area contributed by atoms with Crippen molar-refractivity contribution >= 4 is 62.3 Å². The van der Waals surface area contributed by atoms with Gasteiger partial charge in [-0.05, 0) is 41.5 Å². The fourth-order valence-electron chi connectivity index (χ4n) is 4.45. The zero-order valence-corrected chi connectivity index (χ0v) is 25.7. The van der Waals surface area contributed by atoms with E-state index < -0.39 is 34.4 Å². The molecule has 4 rings (SSSR count). The lowest BCUT2D eigenvalue weighted by Gasteiger charge is -2.34. The number of anilines is 1. The highest BCUT2D eigenvalue weighted by atomic mass is 35.5. The molecule has 0 aliphatic carbocycles. The molecule has 2 amide bonds. The van der Waals surface area contributed by atoms with Gasteiger partial charge in [-0.15, -0.1) is 0 Å². The zero-order chi connectivity index (χ0) is 30.3. The Bertz CT molecular complexity index is 1650. The number of halogens is 3. The predicted octanol–water partition coefficient (Wildman–Crippen LogP) is 6.23. The van der Waals surface area contributed by atoms with Gasteiger partial charge in [0.1, 0.15) is 12.6 Å². The van der Waals surface area contributed by atoms with Crippen molar-refractivity contribution in [1.29, 1.82) is 0 Å². The SMILES string of the molecule is CNC(=O)[C@H](Cc1ccccc1)N(Cc1ccccc1Cl)C(=O)CN(c1cccc(Cl)c1Cl)S(=O)(=O)c1ccccc1. The summed E-state index contributed by atoms with van der Waals surface area (Å²) in [6.07, 6.45) is 0.181. The van der Waals surface area contributed by atoms with E-state index in [1.54, 1.807) is 48.5 Å². The maximum Gasteiger partial charge on any atom is 0.264 e. The van der Waals surface area contributed by atoms with Crippen LogP contribution in [0.5, 0.6) is 0 Å². The Morgan fingerprint density at radius 1 is 0.786 bits per heavy atom. The van der Waals surface area contributed by atoms with E-state index in [1.807, 2.05) is 30.3 Å². The first-order valence-electron chi connectivity index (χ1n) is 12.9. The number of sulfonamides is 1. The smallest absolute Gasteiger partial charge is 0.264 e. The number of hydrogen-bond acceptors (Lipinski definition) is 4. The summed E-state index contributed by atoms with van der Waals surface area (Å²) >= 11 is 19.2. The van der Waals surface area contributed by atoms with Crippen molar-refractivity contribution in [3.05, 3.63) is 129 Å². The molecule has 0 fully saturated rings. The third-order valence-corrected chi connectivity index (χ3v) is 9.58. The monoisotopic (exact) mass is 643 g/mol. The van der Waals surface area contributed by atoms with Gasteiger partial charge in [0.25, 0.3) is 10.0 Å². The molecule has 4 aromatic rings. The van der Waals surface area contributed by atoms with Crippen molar-refractivity contribution in [2.24, 2.45) is 0 Å². The average Bonchev–Trinajstić information content (AvgIpc) is 3.00. The quantitative estimate of drug-likeness (QED) is 0.210. The molecule has 0 saturated carbocycles. The van der Waals surface area contributed by atoms with Gasteiger partial charge in [-0.2, -0.15) is 0 Å². The highest BCUT2D eigenvalue weighted by Gasteiger charge is 2.35. The van der Waals surface area contributed by atoms with Gasteiger partial charge in [-0.3, -0.25) is 13.9 Å². The molecule has 0 radical (unpaired) electrons. The summed E-state index contributed by atoms with van der Waals surface area (Å²) in [4.78, 5) is 28.9. The highest BCUT2D eigenvalue weighted by molar-refractivity contribution is 7.92. The van der Waals surface area contributed by atoms with Crippen LogP contribution in [0.25, 0.3) is 0 Å². The number of carbonyl (C=O) groups is 2. The largest absolute Gasteiger partial charge is 0.357 e. The second-order valence-electron chi connectivity index (χ2n) is 9.33. The van der Waals surface area contributed by atoms with Gasteiger partial charge >= 0.3 is 0 Å². The number of amides is 2. The summed E-state index contributed by atoms with van der Waals surface area (Å²) in [5, 5.41) is 3.13. The van der Waals surface area contributed by atoms with Crippen molar-refractivity contribution in [1.82, 2.24) is 10.2 Å². The van der Waals surface area contributed by atoms with E-state index in [2.05, 4.69) is 5.32 Å². The molecular formula is C31H28Cl3N3O4S. The Labute approximate surface area is 260 Å². The number of nitrogens with zero attached hydrogens (tertiary/aromatic N) is 2. The van der Waals surface area contributed by atoms with Crippen molar-refractivity contribution in [3.8, 4) is 0 Å². The van der Waals surface area contributed by atoms with E-state index in [9.17, 15) is 18.0 Å². The van der Waals surface area contributed by atoms with Gasteiger partial charge in [-0.25, -0.2) is 8.42 Å². The summed E-state index contributed by atoms with van der Waals surface area (Å²) in [6.45, 7) is -0.712. The molecule has 7 nitrogen and oxygen atoms in total. The van der Waals surface area contributed by atoms with Gasteiger partial charge in [0, 0.05) is 25.0 Å². The average molecular weight is 645 g/mol. The highest BCUT2D eigenvalue weighted by Crippen LogP contribution is 2.35. The third-order valence-electron chi connectivity index (χ3n) is 6.63. The maximum absolute atomic E-state index is 14.3. The summed E-state index contributed by atoms with van der Waals surface area (Å²) in [5.74, 6) is -1.06.